The van der Waals surface area contributed by atoms with Gasteiger partial charge in [0.05, 0.1) is 0 Å². The smallest absolute Gasteiger partial charge is 0.282 e. The summed E-state index contributed by atoms with van der Waals surface area (Å²) >= 11 is 0. The molecule has 0 heterocycles. The van der Waals surface area contributed by atoms with Crippen LogP contribution in [0.5, 0.6) is 0 Å². The van der Waals surface area contributed by atoms with Gasteiger partial charge >= 0.3 is 60.2 Å². The molecule has 2 aromatic carbocycles. The third kappa shape index (κ3) is 7.60. The Morgan fingerprint density at radius 1 is 0.537 bits per heavy atom. The van der Waals surface area contributed by atoms with Crippen LogP contribution in [0.4, 0.5) is 87.8 Å². The van der Waals surface area contributed by atoms with Crippen LogP contribution < -0.4 is 0 Å². The molecular weight excluding hydrogens is 884 g/mol. The van der Waals surface area contributed by atoms with Crippen molar-refractivity contribution in [3.63, 3.8) is 0 Å². The van der Waals surface area contributed by atoms with Gasteiger partial charge in [0.1, 0.15) is 27.9 Å². The number of benzene rings is 2. The Balaban J connectivity index is 2.88. The quantitative estimate of drug-likeness (QED) is 0.100. The summed E-state index contributed by atoms with van der Waals surface area (Å²) in [6, 6.07) is 1.80. The second kappa shape index (κ2) is 13.9. The molecule has 312 valence electrons. The second-order valence-corrected chi connectivity index (χ2v) is 14.7. The lowest BCUT2D eigenvalue weighted by atomic mass is 9.99. The van der Waals surface area contributed by atoms with Crippen LogP contribution in [0.2, 0.25) is 0 Å². The van der Waals surface area contributed by atoms with Crippen molar-refractivity contribution >= 4 is 41.1 Å². The Labute approximate surface area is 285 Å². The van der Waals surface area contributed by atoms with E-state index in [-0.39, 0.29) is 12.1 Å². The Morgan fingerprint density at radius 3 is 1.20 bits per heavy atom. The van der Waals surface area contributed by atoms with E-state index < -0.39 is 129 Å². The van der Waals surface area contributed by atoms with Gasteiger partial charge in [0.25, 0.3) is 30.4 Å². The topological polar surface area (TPSA) is 141 Å². The molecule has 0 fully saturated rings. The minimum absolute atomic E-state index is 0.209. The van der Waals surface area contributed by atoms with Crippen molar-refractivity contribution in [3.05, 3.63) is 30.3 Å². The predicted octanol–water partition coefficient (Wildman–Crippen LogP) is 7.11. The van der Waals surface area contributed by atoms with Gasteiger partial charge in [-0.25, -0.2) is 17.6 Å². The fourth-order valence-corrected chi connectivity index (χ4v) is 7.89. The predicted molar refractivity (Wildman–Crippen MR) is 132 cm³/mol. The summed E-state index contributed by atoms with van der Waals surface area (Å²) in [4.78, 5) is -8.30. The lowest BCUT2D eigenvalue weighted by Gasteiger charge is -2.36. The summed E-state index contributed by atoms with van der Waals surface area (Å²) in [5, 5.41) is -2.62. The molecule has 9 nitrogen and oxygen atoms in total. The largest absolute Gasteiger partial charge is 0.384 e. The van der Waals surface area contributed by atoms with Gasteiger partial charge in [-0.15, -0.1) is 0 Å². The molecule has 0 aliphatic rings. The lowest BCUT2D eigenvalue weighted by molar-refractivity contribution is -0.385. The number of fused-ring (bicyclic) bond motifs is 1. The van der Waals surface area contributed by atoms with Gasteiger partial charge in [0.15, 0.2) is 0 Å². The number of hydrogen-bond donors (Lipinski definition) is 1. The highest BCUT2D eigenvalue weighted by atomic mass is 32.2. The van der Waals surface area contributed by atoms with Gasteiger partial charge < -0.3 is 0 Å². The van der Waals surface area contributed by atoms with Gasteiger partial charge in [-0.2, -0.15) is 95.5 Å². The van der Waals surface area contributed by atoms with E-state index in [1.54, 1.807) is 0 Å². The molecule has 0 saturated carbocycles. The molecule has 0 atom stereocenters. The number of rotatable bonds is 17. The van der Waals surface area contributed by atoms with Crippen LogP contribution in [0.3, 0.4) is 0 Å². The van der Waals surface area contributed by atoms with E-state index in [0.717, 1.165) is 6.07 Å². The first-order valence-electron chi connectivity index (χ1n) is 12.5. The molecule has 0 aromatic heterocycles. The molecule has 2 rings (SSSR count). The normalized spacial score (nSPS) is 15.5. The minimum Gasteiger partial charge on any atom is -0.282 e. The van der Waals surface area contributed by atoms with Gasteiger partial charge in [0.2, 0.25) is 0 Å². The summed E-state index contributed by atoms with van der Waals surface area (Å²) in [5.41, 5.74) is 0. The minimum atomic E-state index is -7.82. The second-order valence-electron chi connectivity index (χ2n) is 10.2. The van der Waals surface area contributed by atoms with Crippen molar-refractivity contribution in [2.45, 2.75) is 74.9 Å². The standard InChI is InChI=1S/C22H12F20O9S3/c23-13(24)17(31,32)21(39,40)19(35,36)15(27,28)6-50-53(46,47)11-9-4-2-1-3-8(9)5-10(52(43,44)45)12(11)54(48,49)51-7-16(29,30)20(37,38)22(41,42)18(33,34)14(25)26/h1-5,13-14H,6-7H2,(H,43,44,45). The molecule has 2 aromatic rings. The highest BCUT2D eigenvalue weighted by molar-refractivity contribution is 7.91. The summed E-state index contributed by atoms with van der Waals surface area (Å²) < 4.78 is 361. The first kappa shape index (κ1) is 47.2. The fraction of sp³-hybridized carbons (Fsp3) is 0.545. The summed E-state index contributed by atoms with van der Waals surface area (Å²) in [5.74, 6) is -60.0. The van der Waals surface area contributed by atoms with Gasteiger partial charge in [-0.05, 0) is 11.5 Å². The first-order chi connectivity index (χ1) is 23.6. The Bertz CT molecular complexity index is 2070. The third-order valence-corrected chi connectivity index (χ3v) is 10.4. The zero-order chi connectivity index (χ0) is 42.9. The Hall–Kier alpha value is -2.97. The molecule has 0 unspecified atom stereocenters. The van der Waals surface area contributed by atoms with Crippen molar-refractivity contribution < 1.29 is 126 Å². The van der Waals surface area contributed by atoms with Crippen LogP contribution >= 0.6 is 0 Å². The van der Waals surface area contributed by atoms with Crippen molar-refractivity contribution in [1.29, 1.82) is 0 Å². The van der Waals surface area contributed by atoms with Crippen molar-refractivity contribution in [2.75, 3.05) is 13.2 Å². The van der Waals surface area contributed by atoms with Gasteiger partial charge in [0, 0.05) is 5.39 Å². The SMILES string of the molecule is O=S(=O)(O)c1cc2ccccc2c(S(=O)(=O)OCC(F)(F)C(F)(F)C(F)(F)C(F)(F)C(F)F)c1S(=O)(=O)OCC(F)(F)C(F)(F)C(F)(F)C(F)(F)C(F)F. The van der Waals surface area contributed by atoms with E-state index in [2.05, 4.69) is 8.37 Å². The summed E-state index contributed by atoms with van der Waals surface area (Å²) in [7, 11) is -20.8. The monoisotopic (exact) mass is 896 g/mol. The molecule has 0 aliphatic heterocycles. The highest BCUT2D eigenvalue weighted by Crippen LogP contribution is 2.56. The van der Waals surface area contributed by atoms with E-state index in [0.29, 0.717) is 12.1 Å². The molecule has 1 N–H and O–H groups in total. The average Bonchev–Trinajstić information content (AvgIpc) is 3.00. The molecule has 54 heavy (non-hydrogen) atoms. The third-order valence-electron chi connectivity index (χ3n) is 6.58. The average molecular weight is 896 g/mol. The van der Waals surface area contributed by atoms with Crippen molar-refractivity contribution in [3.8, 4) is 0 Å². The fourth-order valence-electron chi connectivity index (χ4n) is 3.70. The molecule has 0 amide bonds. The van der Waals surface area contributed by atoms with Crippen LogP contribution in [0, 0.1) is 0 Å². The van der Waals surface area contributed by atoms with Gasteiger partial charge in [-0.1, -0.05) is 24.3 Å². The number of halogens is 20. The van der Waals surface area contributed by atoms with Crippen molar-refractivity contribution in [1.82, 2.24) is 0 Å². The molecule has 0 saturated heterocycles. The highest BCUT2D eigenvalue weighted by Gasteiger charge is 2.84. The van der Waals surface area contributed by atoms with Crippen LogP contribution in [-0.2, 0) is 38.7 Å². The summed E-state index contributed by atoms with van der Waals surface area (Å²) in [6.45, 7) is -7.92. The molecule has 0 radical (unpaired) electrons. The molecule has 0 spiro atoms. The van der Waals surface area contributed by atoms with E-state index in [9.17, 15) is 118 Å². The number of hydrogen-bond acceptors (Lipinski definition) is 8. The Kier molecular flexibility index (Phi) is 12.1. The van der Waals surface area contributed by atoms with Crippen LogP contribution in [-0.4, -0.2) is 103 Å². The first-order valence-corrected chi connectivity index (χ1v) is 16.8. The lowest BCUT2D eigenvalue weighted by Crippen LogP contribution is -2.65. The molecule has 32 heteroatoms. The maximum Gasteiger partial charge on any atom is 0.384 e. The van der Waals surface area contributed by atoms with Crippen LogP contribution in [0.1, 0.15) is 0 Å². The van der Waals surface area contributed by atoms with E-state index in [1.807, 2.05) is 0 Å². The zero-order valence-corrected chi connectivity index (χ0v) is 26.9. The van der Waals surface area contributed by atoms with Crippen LogP contribution in [0.25, 0.3) is 10.8 Å². The van der Waals surface area contributed by atoms with E-state index in [1.165, 1.54) is 0 Å². The van der Waals surface area contributed by atoms with E-state index >= 15 is 0 Å². The molecule has 0 bridgehead atoms. The molecule has 0 aliphatic carbocycles. The summed E-state index contributed by atoms with van der Waals surface area (Å²) in [6.07, 6.45) is -11.7. The maximum absolute atomic E-state index is 14.3. The van der Waals surface area contributed by atoms with Crippen LogP contribution in [0.15, 0.2) is 45.0 Å². The number of alkyl halides is 20. The zero-order valence-electron chi connectivity index (χ0n) is 24.5. The van der Waals surface area contributed by atoms with Gasteiger partial charge in [-0.3, -0.25) is 12.9 Å². The van der Waals surface area contributed by atoms with Crippen molar-refractivity contribution in [2.24, 2.45) is 0 Å². The van der Waals surface area contributed by atoms with E-state index in [4.69, 9.17) is 0 Å². The maximum atomic E-state index is 14.3. The Morgan fingerprint density at radius 2 is 0.870 bits per heavy atom. The molecular formula is C22H12F20O9S3.